The van der Waals surface area contributed by atoms with Crippen molar-refractivity contribution in [2.45, 2.75) is 102 Å². The van der Waals surface area contributed by atoms with Crippen molar-refractivity contribution in [2.24, 2.45) is 11.5 Å². The second kappa shape index (κ2) is 22.9. The van der Waals surface area contributed by atoms with Gasteiger partial charge in [0.25, 0.3) is 11.8 Å². The number of hydrogen-bond acceptors (Lipinski definition) is 23. The number of aliphatic hydroxyl groups excluding tert-OH is 2. The van der Waals surface area contributed by atoms with Crippen LogP contribution in [0.5, 0.6) is 23.0 Å². The molecule has 4 heterocycles. The van der Waals surface area contributed by atoms with E-state index < -0.39 is 132 Å². The summed E-state index contributed by atoms with van der Waals surface area (Å²) in [6, 6.07) is 5.49. The fraction of sp³-hybridized carbons (Fsp3) is 0.522. The van der Waals surface area contributed by atoms with Crippen LogP contribution in [0, 0.1) is 13.8 Å². The lowest BCUT2D eigenvalue weighted by molar-refractivity contribution is -0.304. The van der Waals surface area contributed by atoms with Gasteiger partial charge in [0, 0.05) is 25.3 Å². The highest BCUT2D eigenvalue weighted by molar-refractivity contribution is 5.99. The first-order chi connectivity index (χ1) is 34.4. The topological polar surface area (TPSA) is 387 Å². The molecule has 2 fully saturated rings. The van der Waals surface area contributed by atoms with Crippen molar-refractivity contribution in [1.29, 1.82) is 0 Å². The van der Waals surface area contributed by atoms with Gasteiger partial charge in [-0.1, -0.05) is 0 Å². The molecule has 8 unspecified atom stereocenters. The first kappa shape index (κ1) is 55.5. The molecule has 73 heavy (non-hydrogen) atoms. The van der Waals surface area contributed by atoms with Gasteiger partial charge in [0.15, 0.2) is 47.3 Å². The third-order valence-corrected chi connectivity index (χ3v) is 11.8. The van der Waals surface area contributed by atoms with Gasteiger partial charge in [0.1, 0.15) is 48.1 Å². The second-order valence-electron chi connectivity index (χ2n) is 17.7. The van der Waals surface area contributed by atoms with Crippen LogP contribution in [0.15, 0.2) is 42.7 Å². The molecular weight excluding hydrogens is 977 g/mol. The number of nitrogens with two attached hydrogens (primary N) is 2. The molecule has 4 aromatic rings. The number of anilines is 2. The second-order valence-corrected chi connectivity index (χ2v) is 17.7. The number of aryl methyl sites for hydroxylation is 2. The number of ether oxygens (including phenoxy) is 11. The molecule has 2 aromatic heterocycles. The maximum atomic E-state index is 13.0. The summed E-state index contributed by atoms with van der Waals surface area (Å²) in [6.45, 7) is 8.18. The zero-order valence-corrected chi connectivity index (χ0v) is 40.9. The summed E-state index contributed by atoms with van der Waals surface area (Å²) in [5, 5.41) is 48.5. The van der Waals surface area contributed by atoms with Crippen LogP contribution in [0.25, 0.3) is 21.9 Å². The standard InChI is InChI=1S/C46H58N4O23/c1-19-23(66-41-31(55)35(70-43(47)59)37(61-7)45(3,4)72-41)11-9-21-29(53)27(39(57)68-33(19)21)49-25(51)17-64-15-13-63-14-16-65-18-26(52)50-28-30(54)22-10-12-24(20(2)34(22)69-40(28)58)67-42-32(56)36(71-44(48)60)38(62-8)46(5,6)73-42/h9-12,31-32,35-38,41-42,53-56H,13-18H2,1-8H3,(H2,47,59)(H2,48,60)(H,49,51)(H,50,52). The Labute approximate surface area is 414 Å². The van der Waals surface area contributed by atoms with Gasteiger partial charge in [-0.15, -0.1) is 0 Å². The molecule has 0 aliphatic carbocycles. The number of nitrogens with one attached hydrogen (secondary N) is 2. The number of primary amides is 2. The number of carbonyl (C=O) groups is 4. The molecule has 2 aliphatic rings. The molecule has 27 nitrogen and oxygen atoms in total. The molecule has 6 rings (SSSR count). The molecule has 4 amide bonds. The van der Waals surface area contributed by atoms with Crippen molar-refractivity contribution in [3.63, 3.8) is 0 Å². The molecule has 2 aliphatic heterocycles. The number of aliphatic hydroxyl groups is 2. The largest absolute Gasteiger partial charge is 0.505 e. The van der Waals surface area contributed by atoms with Crippen molar-refractivity contribution in [2.75, 3.05) is 64.5 Å². The van der Waals surface area contributed by atoms with Crippen molar-refractivity contribution in [3.8, 4) is 23.0 Å². The number of hydrogen-bond donors (Lipinski definition) is 8. The summed E-state index contributed by atoms with van der Waals surface area (Å²) in [5.74, 6) is -2.71. The minimum Gasteiger partial charge on any atom is -0.505 e. The Balaban J connectivity index is 0.934. The van der Waals surface area contributed by atoms with Gasteiger partial charge in [-0.25, -0.2) is 19.2 Å². The van der Waals surface area contributed by atoms with Gasteiger partial charge in [-0.2, -0.15) is 0 Å². The SMILES string of the molecule is COC1C(OC(N)=O)C(O)C(Oc2ccc3c(O)c(NC(=O)COCCOCCOCC(=O)Nc4c(O)c5ccc(OC6OC(C)(C)C(OC)C(OC(N)=O)C6O)c(C)c5oc4=O)c(=O)oc3c2C)OC1(C)C. The number of fused-ring (bicyclic) bond motifs is 2. The molecule has 0 spiro atoms. The van der Waals surface area contributed by atoms with Crippen LogP contribution in [0.4, 0.5) is 21.0 Å². The van der Waals surface area contributed by atoms with E-state index in [4.69, 9.17) is 72.4 Å². The Kier molecular flexibility index (Phi) is 17.4. The zero-order chi connectivity index (χ0) is 53.7. The van der Waals surface area contributed by atoms with Gasteiger partial charge in [0.2, 0.25) is 12.6 Å². The van der Waals surface area contributed by atoms with E-state index in [1.54, 1.807) is 27.7 Å². The predicted molar refractivity (Wildman–Crippen MR) is 249 cm³/mol. The third kappa shape index (κ3) is 12.3. The summed E-state index contributed by atoms with van der Waals surface area (Å²) in [4.78, 5) is 74.4. The lowest BCUT2D eigenvalue weighted by Gasteiger charge is -2.47. The molecular formula is C46H58N4O23. The van der Waals surface area contributed by atoms with E-state index in [9.17, 15) is 49.2 Å². The normalized spacial score (nSPS) is 23.4. The van der Waals surface area contributed by atoms with Crippen LogP contribution < -0.4 is 42.8 Å². The minimum absolute atomic E-state index is 0.0228. The maximum absolute atomic E-state index is 13.0. The summed E-state index contributed by atoms with van der Waals surface area (Å²) >= 11 is 0. The number of aromatic hydroxyl groups is 2. The monoisotopic (exact) mass is 1030 g/mol. The molecule has 0 bridgehead atoms. The van der Waals surface area contributed by atoms with Crippen LogP contribution >= 0.6 is 0 Å². The van der Waals surface area contributed by atoms with E-state index in [-0.39, 0.29) is 71.0 Å². The summed E-state index contributed by atoms with van der Waals surface area (Å²) in [7, 11) is 2.69. The highest BCUT2D eigenvalue weighted by Crippen LogP contribution is 2.41. The van der Waals surface area contributed by atoms with Crippen LogP contribution in [0.1, 0.15) is 38.8 Å². The van der Waals surface area contributed by atoms with Gasteiger partial charge in [0.05, 0.1) is 48.4 Å². The Hall–Kier alpha value is -6.82. The Morgan fingerprint density at radius 3 is 1.32 bits per heavy atom. The van der Waals surface area contributed by atoms with Crippen LogP contribution in [-0.4, -0.2) is 159 Å². The average molecular weight is 1030 g/mol. The first-order valence-electron chi connectivity index (χ1n) is 22.3. The van der Waals surface area contributed by atoms with E-state index in [1.807, 2.05) is 0 Å². The number of benzene rings is 2. The lowest BCUT2D eigenvalue weighted by atomic mass is 9.89. The fourth-order valence-electron chi connectivity index (χ4n) is 8.36. The third-order valence-electron chi connectivity index (χ3n) is 11.8. The summed E-state index contributed by atoms with van der Waals surface area (Å²) in [5.41, 5.74) is 5.04. The van der Waals surface area contributed by atoms with Gasteiger partial charge in [-0.3, -0.25) is 9.59 Å². The minimum atomic E-state index is -1.57. The number of methoxy groups -OCH3 is 2. The molecule has 2 saturated heterocycles. The predicted octanol–water partition coefficient (Wildman–Crippen LogP) is 1.26. The van der Waals surface area contributed by atoms with Crippen molar-refractivity contribution in [3.05, 3.63) is 56.2 Å². The summed E-state index contributed by atoms with van der Waals surface area (Å²) < 4.78 is 71.7. The van der Waals surface area contributed by atoms with Gasteiger partial charge in [-0.05, 0) is 65.8 Å². The highest BCUT2D eigenvalue weighted by Gasteiger charge is 2.54. The number of carbonyl (C=O) groups excluding carboxylic acids is 4. The van der Waals surface area contributed by atoms with E-state index in [0.29, 0.717) is 0 Å². The molecule has 2 aromatic carbocycles. The van der Waals surface area contributed by atoms with E-state index >= 15 is 0 Å². The molecule has 27 heteroatoms. The Morgan fingerprint density at radius 2 is 0.973 bits per heavy atom. The van der Waals surface area contributed by atoms with E-state index in [1.165, 1.54) is 52.3 Å². The molecule has 0 radical (unpaired) electrons. The van der Waals surface area contributed by atoms with E-state index in [0.717, 1.165) is 0 Å². The maximum Gasteiger partial charge on any atom is 0.404 e. The number of amides is 4. The molecule has 400 valence electrons. The van der Waals surface area contributed by atoms with Crippen molar-refractivity contribution < 1.29 is 101 Å². The Bertz CT molecular complexity index is 2620. The van der Waals surface area contributed by atoms with Gasteiger partial charge >= 0.3 is 23.4 Å². The average Bonchev–Trinajstić information content (AvgIpc) is 3.30. The highest BCUT2D eigenvalue weighted by atomic mass is 16.7. The zero-order valence-electron chi connectivity index (χ0n) is 40.9. The van der Waals surface area contributed by atoms with Crippen LogP contribution in [0.3, 0.4) is 0 Å². The first-order valence-corrected chi connectivity index (χ1v) is 22.3. The quantitative estimate of drug-likeness (QED) is 0.0456. The molecule has 0 saturated carbocycles. The lowest BCUT2D eigenvalue weighted by Crippen LogP contribution is -2.65. The van der Waals surface area contributed by atoms with Gasteiger partial charge < -0.3 is 103 Å². The molecule has 8 atom stereocenters. The van der Waals surface area contributed by atoms with Crippen LogP contribution in [0.2, 0.25) is 0 Å². The fourth-order valence-corrected chi connectivity index (χ4v) is 8.36. The van der Waals surface area contributed by atoms with Crippen molar-refractivity contribution in [1.82, 2.24) is 0 Å². The summed E-state index contributed by atoms with van der Waals surface area (Å²) in [6.07, 6.45) is -12.7. The molecule has 10 N–H and O–H groups in total. The Morgan fingerprint density at radius 1 is 0.616 bits per heavy atom. The number of rotatable bonds is 20. The van der Waals surface area contributed by atoms with Crippen LogP contribution in [-0.2, 0) is 52.2 Å². The smallest absolute Gasteiger partial charge is 0.404 e. The van der Waals surface area contributed by atoms with E-state index in [2.05, 4.69) is 10.6 Å². The van der Waals surface area contributed by atoms with Crippen molar-refractivity contribution >= 4 is 57.3 Å².